The van der Waals surface area contributed by atoms with Crippen molar-refractivity contribution in [2.75, 3.05) is 20.1 Å². The average molecular weight is 180 g/mol. The van der Waals surface area contributed by atoms with Crippen molar-refractivity contribution in [1.29, 1.82) is 0 Å². The minimum atomic E-state index is 0.241. The van der Waals surface area contributed by atoms with E-state index in [4.69, 9.17) is 0 Å². The fraction of sp³-hybridized carbons (Fsp3) is 0.700. The van der Waals surface area contributed by atoms with E-state index in [1.807, 2.05) is 11.9 Å². The molecule has 2 aliphatic rings. The van der Waals surface area contributed by atoms with Crippen LogP contribution in [0.15, 0.2) is 11.3 Å². The van der Waals surface area contributed by atoms with E-state index in [0.29, 0.717) is 12.6 Å². The van der Waals surface area contributed by atoms with Crippen molar-refractivity contribution < 1.29 is 4.79 Å². The lowest BCUT2D eigenvalue weighted by molar-refractivity contribution is -0.133. The lowest BCUT2D eigenvalue weighted by Crippen LogP contribution is -2.47. The Morgan fingerprint density at radius 1 is 1.38 bits per heavy atom. The Kier molecular flexibility index (Phi) is 1.82. The van der Waals surface area contributed by atoms with E-state index in [1.165, 1.54) is 11.3 Å². The van der Waals surface area contributed by atoms with Gasteiger partial charge in [-0.15, -0.1) is 0 Å². The number of likely N-dealkylation sites (N-methyl/N-ethyl adjacent to an activating group) is 1. The molecule has 1 unspecified atom stereocenters. The summed E-state index contributed by atoms with van der Waals surface area (Å²) in [6.07, 6.45) is 1.12. The first-order valence-corrected chi connectivity index (χ1v) is 4.79. The second-order valence-electron chi connectivity index (χ2n) is 4.16. The minimum absolute atomic E-state index is 0.241. The van der Waals surface area contributed by atoms with Gasteiger partial charge in [-0.05, 0) is 20.3 Å². The fourth-order valence-corrected chi connectivity index (χ4v) is 2.24. The fourth-order valence-electron chi connectivity index (χ4n) is 2.24. The minimum Gasteiger partial charge on any atom is -0.361 e. The van der Waals surface area contributed by atoms with Crippen molar-refractivity contribution in [2.24, 2.45) is 0 Å². The van der Waals surface area contributed by atoms with Gasteiger partial charge in [0.25, 0.3) is 0 Å². The van der Waals surface area contributed by atoms with Crippen LogP contribution in [0, 0.1) is 0 Å². The molecule has 1 fully saturated rings. The number of piperazine rings is 1. The van der Waals surface area contributed by atoms with Crippen molar-refractivity contribution in [3.63, 3.8) is 0 Å². The zero-order valence-electron chi connectivity index (χ0n) is 8.50. The highest BCUT2D eigenvalue weighted by Crippen LogP contribution is 2.30. The monoisotopic (exact) mass is 180 g/mol. The Morgan fingerprint density at radius 3 is 2.77 bits per heavy atom. The Bertz CT molecular complexity index is 283. The molecular weight excluding hydrogens is 164 g/mol. The van der Waals surface area contributed by atoms with Gasteiger partial charge in [-0.25, -0.2) is 0 Å². The summed E-state index contributed by atoms with van der Waals surface area (Å²) < 4.78 is 0. The molecule has 1 atom stereocenters. The summed E-state index contributed by atoms with van der Waals surface area (Å²) in [6.45, 7) is 5.74. The predicted octanol–water partition coefficient (Wildman–Crippen LogP) is 0.827. The smallest absolute Gasteiger partial charge is 0.242 e. The van der Waals surface area contributed by atoms with Crippen molar-refractivity contribution in [3.05, 3.63) is 11.3 Å². The maximum atomic E-state index is 11.5. The number of nitrogens with zero attached hydrogens (tertiary/aromatic N) is 2. The number of hydrogen-bond acceptors (Lipinski definition) is 2. The number of amides is 1. The second-order valence-corrected chi connectivity index (χ2v) is 4.16. The number of rotatable bonds is 0. The first-order valence-electron chi connectivity index (χ1n) is 4.79. The third-order valence-corrected chi connectivity index (χ3v) is 3.09. The molecule has 2 aliphatic heterocycles. The van der Waals surface area contributed by atoms with E-state index in [-0.39, 0.29) is 5.91 Å². The molecule has 0 bridgehead atoms. The first-order chi connectivity index (χ1) is 6.09. The summed E-state index contributed by atoms with van der Waals surface area (Å²) in [5.74, 6) is 0.241. The van der Waals surface area contributed by atoms with Crippen molar-refractivity contribution in [1.82, 2.24) is 9.80 Å². The third kappa shape index (κ3) is 1.23. The molecule has 3 nitrogen and oxygen atoms in total. The number of fused-ring (bicyclic) bond motifs is 1. The van der Waals surface area contributed by atoms with Crippen LogP contribution < -0.4 is 0 Å². The number of carbonyl (C=O) groups excluding carboxylic acids is 1. The zero-order valence-corrected chi connectivity index (χ0v) is 8.50. The molecular formula is C10H16N2O. The number of hydrogen-bond donors (Lipinski definition) is 0. The molecule has 0 saturated carbocycles. The molecule has 0 radical (unpaired) electrons. The molecule has 13 heavy (non-hydrogen) atoms. The number of carbonyl (C=O) groups is 1. The quantitative estimate of drug-likeness (QED) is 0.551. The highest BCUT2D eigenvalue weighted by atomic mass is 16.2. The molecule has 0 N–H and O–H groups in total. The van der Waals surface area contributed by atoms with E-state index < -0.39 is 0 Å². The Morgan fingerprint density at radius 2 is 2.08 bits per heavy atom. The van der Waals surface area contributed by atoms with Crippen molar-refractivity contribution >= 4 is 5.91 Å². The van der Waals surface area contributed by atoms with Crippen molar-refractivity contribution in [2.45, 2.75) is 26.3 Å². The second kappa shape index (κ2) is 2.76. The van der Waals surface area contributed by atoms with E-state index in [2.05, 4.69) is 18.7 Å². The zero-order chi connectivity index (χ0) is 9.59. The van der Waals surface area contributed by atoms with E-state index in [1.54, 1.807) is 0 Å². The normalized spacial score (nSPS) is 28.5. The molecule has 0 aromatic heterocycles. The van der Waals surface area contributed by atoms with Gasteiger partial charge in [0, 0.05) is 18.8 Å². The van der Waals surface area contributed by atoms with Crippen molar-refractivity contribution in [3.8, 4) is 0 Å². The first kappa shape index (κ1) is 8.60. The summed E-state index contributed by atoms with van der Waals surface area (Å²) >= 11 is 0. The van der Waals surface area contributed by atoms with Crippen LogP contribution in [0.5, 0.6) is 0 Å². The van der Waals surface area contributed by atoms with Gasteiger partial charge >= 0.3 is 0 Å². The predicted molar refractivity (Wildman–Crippen MR) is 51.1 cm³/mol. The molecule has 72 valence electrons. The largest absolute Gasteiger partial charge is 0.361 e. The van der Waals surface area contributed by atoms with Crippen LogP contribution in [0.25, 0.3) is 0 Å². The molecule has 2 rings (SSSR count). The van der Waals surface area contributed by atoms with Crippen LogP contribution in [0.2, 0.25) is 0 Å². The highest BCUT2D eigenvalue weighted by Gasteiger charge is 2.33. The highest BCUT2D eigenvalue weighted by molar-refractivity contribution is 5.80. The molecule has 3 heteroatoms. The van der Waals surface area contributed by atoms with Gasteiger partial charge in [0.2, 0.25) is 5.91 Å². The van der Waals surface area contributed by atoms with Gasteiger partial charge < -0.3 is 9.80 Å². The summed E-state index contributed by atoms with van der Waals surface area (Å²) in [7, 11) is 1.88. The lowest BCUT2D eigenvalue weighted by atomic mass is 10.1. The van der Waals surface area contributed by atoms with Crippen LogP contribution in [0.3, 0.4) is 0 Å². The molecule has 0 aromatic carbocycles. The molecule has 0 aromatic rings. The van der Waals surface area contributed by atoms with Gasteiger partial charge in [-0.1, -0.05) is 5.57 Å². The van der Waals surface area contributed by atoms with Crippen LogP contribution in [0.4, 0.5) is 0 Å². The van der Waals surface area contributed by atoms with E-state index in [0.717, 1.165) is 13.0 Å². The maximum Gasteiger partial charge on any atom is 0.242 e. The molecule has 2 heterocycles. The molecule has 1 amide bonds. The Balaban J connectivity index is 2.26. The summed E-state index contributed by atoms with van der Waals surface area (Å²) in [5, 5.41) is 0. The van der Waals surface area contributed by atoms with E-state index in [9.17, 15) is 4.79 Å². The van der Waals surface area contributed by atoms with Gasteiger partial charge in [0.1, 0.15) is 0 Å². The Labute approximate surface area is 79.0 Å². The van der Waals surface area contributed by atoms with Crippen LogP contribution in [0.1, 0.15) is 20.3 Å². The SMILES string of the molecule is CC1=C2CN(C)C(=O)CN2C(C)C1. The lowest BCUT2D eigenvalue weighted by Gasteiger charge is -2.35. The molecule has 0 aliphatic carbocycles. The third-order valence-electron chi connectivity index (χ3n) is 3.09. The summed E-state index contributed by atoms with van der Waals surface area (Å²) in [4.78, 5) is 15.5. The van der Waals surface area contributed by atoms with Gasteiger partial charge in [0.15, 0.2) is 0 Å². The standard InChI is InChI=1S/C10H16N2O/c1-7-4-8(2)12-6-10(13)11(3)5-9(7)12/h8H,4-6H2,1-3H3. The molecule has 1 saturated heterocycles. The molecule has 0 spiro atoms. The van der Waals surface area contributed by atoms with Crippen LogP contribution in [-0.4, -0.2) is 41.9 Å². The summed E-state index contributed by atoms with van der Waals surface area (Å²) in [5.41, 5.74) is 2.82. The van der Waals surface area contributed by atoms with Gasteiger partial charge in [0.05, 0.1) is 13.1 Å². The van der Waals surface area contributed by atoms with E-state index >= 15 is 0 Å². The van der Waals surface area contributed by atoms with Gasteiger partial charge in [-0.3, -0.25) is 4.79 Å². The average Bonchev–Trinajstić information content (AvgIpc) is 2.31. The summed E-state index contributed by atoms with van der Waals surface area (Å²) in [6, 6.07) is 0.521. The topological polar surface area (TPSA) is 23.6 Å². The van der Waals surface area contributed by atoms with Gasteiger partial charge in [-0.2, -0.15) is 0 Å². The van der Waals surface area contributed by atoms with Crippen LogP contribution in [-0.2, 0) is 4.79 Å². The van der Waals surface area contributed by atoms with Crippen LogP contribution >= 0.6 is 0 Å². The Hall–Kier alpha value is -0.990. The maximum absolute atomic E-state index is 11.5.